The van der Waals surface area contributed by atoms with E-state index in [4.69, 9.17) is 4.74 Å². The Bertz CT molecular complexity index is 478. The Morgan fingerprint density at radius 1 is 1.11 bits per heavy atom. The van der Waals surface area contributed by atoms with Crippen molar-refractivity contribution < 1.29 is 4.74 Å². The molecule has 0 spiro atoms. The molecule has 0 aliphatic rings. The van der Waals surface area contributed by atoms with Gasteiger partial charge in [0.1, 0.15) is 5.75 Å². The summed E-state index contributed by atoms with van der Waals surface area (Å²) in [5, 5.41) is 5.74. The second-order valence-corrected chi connectivity index (χ2v) is 5.61. The van der Waals surface area contributed by atoms with Crippen molar-refractivity contribution in [1.29, 1.82) is 0 Å². The van der Waals surface area contributed by atoms with Crippen LogP contribution in [-0.2, 0) is 0 Å². The molecule has 0 aliphatic heterocycles. The van der Waals surface area contributed by atoms with Gasteiger partial charge in [-0.15, -0.1) is 11.3 Å². The summed E-state index contributed by atoms with van der Waals surface area (Å²) in [5.41, 5.74) is 1.28. The van der Waals surface area contributed by atoms with E-state index in [1.165, 1.54) is 10.4 Å². The van der Waals surface area contributed by atoms with Crippen LogP contribution in [0, 0.1) is 0 Å². The van der Waals surface area contributed by atoms with Crippen molar-refractivity contribution in [3.05, 3.63) is 52.2 Å². The van der Waals surface area contributed by atoms with E-state index in [2.05, 4.69) is 48.8 Å². The zero-order chi connectivity index (χ0) is 13.7. The van der Waals surface area contributed by atoms with Crippen molar-refractivity contribution >= 4 is 11.3 Å². The zero-order valence-electron chi connectivity index (χ0n) is 11.7. The molecular weight excluding hydrogens is 254 g/mol. The fraction of sp³-hybridized carbons (Fsp3) is 0.375. The number of hydrogen-bond donors (Lipinski definition) is 1. The van der Waals surface area contributed by atoms with Crippen LogP contribution in [0.1, 0.15) is 43.3 Å². The third kappa shape index (κ3) is 3.82. The summed E-state index contributed by atoms with van der Waals surface area (Å²) >= 11 is 1.79. The van der Waals surface area contributed by atoms with E-state index < -0.39 is 0 Å². The van der Waals surface area contributed by atoms with E-state index in [0.717, 1.165) is 5.75 Å². The first-order valence-corrected chi connectivity index (χ1v) is 7.61. The van der Waals surface area contributed by atoms with Crippen molar-refractivity contribution in [2.45, 2.75) is 32.9 Å². The summed E-state index contributed by atoms with van der Waals surface area (Å²) < 4.78 is 5.46. The van der Waals surface area contributed by atoms with Crippen LogP contribution in [0.2, 0.25) is 0 Å². The van der Waals surface area contributed by atoms with Gasteiger partial charge < -0.3 is 10.1 Å². The number of thiophene rings is 1. The molecule has 0 aliphatic carbocycles. The third-order valence-corrected chi connectivity index (χ3v) is 4.22. The normalized spacial score (nSPS) is 14.1. The predicted octanol–water partition coefficient (Wildman–Crippen LogP) is 4.56. The maximum absolute atomic E-state index is 5.46. The van der Waals surface area contributed by atoms with E-state index in [1.807, 2.05) is 19.1 Å². The molecule has 2 nitrogen and oxygen atoms in total. The molecule has 1 heterocycles. The molecule has 0 fully saturated rings. The molecule has 0 saturated heterocycles. The van der Waals surface area contributed by atoms with Gasteiger partial charge in [0.25, 0.3) is 0 Å². The largest absolute Gasteiger partial charge is 0.494 e. The van der Waals surface area contributed by atoms with Crippen LogP contribution in [0.15, 0.2) is 41.8 Å². The van der Waals surface area contributed by atoms with Crippen LogP contribution in [0.5, 0.6) is 5.75 Å². The minimum Gasteiger partial charge on any atom is -0.494 e. The maximum Gasteiger partial charge on any atom is 0.119 e. The van der Waals surface area contributed by atoms with E-state index in [1.54, 1.807) is 11.3 Å². The monoisotopic (exact) mass is 275 g/mol. The van der Waals surface area contributed by atoms with Crippen molar-refractivity contribution in [2.75, 3.05) is 6.61 Å². The van der Waals surface area contributed by atoms with Gasteiger partial charge in [-0.3, -0.25) is 0 Å². The van der Waals surface area contributed by atoms with Gasteiger partial charge in [0, 0.05) is 17.0 Å². The van der Waals surface area contributed by atoms with Gasteiger partial charge in [-0.25, -0.2) is 0 Å². The molecule has 1 aromatic carbocycles. The molecule has 0 radical (unpaired) electrons. The fourth-order valence-corrected chi connectivity index (χ4v) is 2.85. The molecule has 2 rings (SSSR count). The van der Waals surface area contributed by atoms with Gasteiger partial charge in [0.15, 0.2) is 0 Å². The summed E-state index contributed by atoms with van der Waals surface area (Å²) in [4.78, 5) is 1.37. The zero-order valence-corrected chi connectivity index (χ0v) is 12.5. The minimum atomic E-state index is 0.327. The molecule has 0 amide bonds. The summed E-state index contributed by atoms with van der Waals surface area (Å²) in [6, 6.07) is 13.3. The van der Waals surface area contributed by atoms with Crippen molar-refractivity contribution in [3.8, 4) is 5.75 Å². The molecule has 19 heavy (non-hydrogen) atoms. The van der Waals surface area contributed by atoms with Gasteiger partial charge in [-0.1, -0.05) is 18.2 Å². The second kappa shape index (κ2) is 6.73. The number of benzene rings is 1. The molecular formula is C16H21NOS. The van der Waals surface area contributed by atoms with Gasteiger partial charge in [0.05, 0.1) is 6.61 Å². The lowest BCUT2D eigenvalue weighted by molar-refractivity contribution is 0.340. The average molecular weight is 275 g/mol. The van der Waals surface area contributed by atoms with E-state index >= 15 is 0 Å². The third-order valence-electron chi connectivity index (χ3n) is 3.16. The molecule has 1 unspecified atom stereocenters. The standard InChI is InChI=1S/C16H21NOS/c1-4-18-15-9-7-14(8-10-15)12(2)17-13(3)16-6-5-11-19-16/h5-13,17H,4H2,1-3H3/t12?,13-/m1/s1. The number of ether oxygens (including phenoxy) is 1. The minimum absolute atomic E-state index is 0.327. The Labute approximate surface area is 119 Å². The van der Waals surface area contributed by atoms with Crippen LogP contribution < -0.4 is 10.1 Å². The number of rotatable bonds is 6. The SMILES string of the molecule is CCOc1ccc(C(C)N[C@H](C)c2cccs2)cc1. The molecule has 2 atom stereocenters. The molecule has 0 bridgehead atoms. The van der Waals surface area contributed by atoms with Crippen LogP contribution in [0.4, 0.5) is 0 Å². The highest BCUT2D eigenvalue weighted by atomic mass is 32.1. The quantitative estimate of drug-likeness (QED) is 0.834. The lowest BCUT2D eigenvalue weighted by Crippen LogP contribution is -2.21. The van der Waals surface area contributed by atoms with Crippen LogP contribution in [0.25, 0.3) is 0 Å². The Balaban J connectivity index is 1.97. The Hall–Kier alpha value is -1.32. The number of hydrogen-bond acceptors (Lipinski definition) is 3. The van der Waals surface area contributed by atoms with Crippen LogP contribution >= 0.6 is 11.3 Å². The number of nitrogens with one attached hydrogen (secondary N) is 1. The highest BCUT2D eigenvalue weighted by Crippen LogP contribution is 2.23. The molecule has 3 heteroatoms. The second-order valence-electron chi connectivity index (χ2n) is 4.63. The molecule has 102 valence electrons. The lowest BCUT2D eigenvalue weighted by atomic mass is 10.1. The highest BCUT2D eigenvalue weighted by Gasteiger charge is 2.11. The van der Waals surface area contributed by atoms with Crippen molar-refractivity contribution in [3.63, 3.8) is 0 Å². The van der Waals surface area contributed by atoms with Crippen LogP contribution in [-0.4, -0.2) is 6.61 Å². The van der Waals surface area contributed by atoms with E-state index in [9.17, 15) is 0 Å². The lowest BCUT2D eigenvalue weighted by Gasteiger charge is -2.19. The maximum atomic E-state index is 5.46. The average Bonchev–Trinajstić information content (AvgIpc) is 2.94. The van der Waals surface area contributed by atoms with Crippen molar-refractivity contribution in [2.24, 2.45) is 0 Å². The van der Waals surface area contributed by atoms with Crippen molar-refractivity contribution in [1.82, 2.24) is 5.32 Å². The first-order valence-electron chi connectivity index (χ1n) is 6.73. The summed E-state index contributed by atoms with van der Waals surface area (Å²) in [5.74, 6) is 0.935. The topological polar surface area (TPSA) is 21.3 Å². The Morgan fingerprint density at radius 2 is 1.84 bits per heavy atom. The van der Waals surface area contributed by atoms with Gasteiger partial charge in [-0.2, -0.15) is 0 Å². The Morgan fingerprint density at radius 3 is 2.42 bits per heavy atom. The molecule has 1 aromatic heterocycles. The molecule has 1 N–H and O–H groups in total. The van der Waals surface area contributed by atoms with E-state index in [0.29, 0.717) is 18.7 Å². The van der Waals surface area contributed by atoms with Gasteiger partial charge >= 0.3 is 0 Å². The van der Waals surface area contributed by atoms with Gasteiger partial charge in [0.2, 0.25) is 0 Å². The highest BCUT2D eigenvalue weighted by molar-refractivity contribution is 7.10. The fourth-order valence-electron chi connectivity index (χ4n) is 2.11. The smallest absolute Gasteiger partial charge is 0.119 e. The first-order chi connectivity index (χ1) is 9.20. The van der Waals surface area contributed by atoms with E-state index in [-0.39, 0.29) is 0 Å². The molecule has 2 aromatic rings. The predicted molar refractivity (Wildman–Crippen MR) is 81.9 cm³/mol. The summed E-state index contributed by atoms with van der Waals surface area (Å²) in [7, 11) is 0. The first kappa shape index (κ1) is 14.1. The molecule has 0 saturated carbocycles. The summed E-state index contributed by atoms with van der Waals surface area (Å²) in [6.45, 7) is 7.11. The van der Waals surface area contributed by atoms with Gasteiger partial charge in [-0.05, 0) is 49.9 Å². The van der Waals surface area contributed by atoms with Crippen LogP contribution in [0.3, 0.4) is 0 Å². The Kier molecular flexibility index (Phi) is 5.00. The summed E-state index contributed by atoms with van der Waals surface area (Å²) in [6.07, 6.45) is 0.